The molecule has 2 heterocycles. The van der Waals surface area contributed by atoms with Crippen molar-refractivity contribution in [2.45, 2.75) is 25.5 Å². The van der Waals surface area contributed by atoms with E-state index >= 15 is 0 Å². The van der Waals surface area contributed by atoms with E-state index in [0.717, 1.165) is 25.0 Å². The van der Waals surface area contributed by atoms with Crippen molar-refractivity contribution < 1.29 is 18.7 Å². The smallest absolute Gasteiger partial charge is 0.253 e. The minimum atomic E-state index is -0.298. The number of benzene rings is 1. The third-order valence-corrected chi connectivity index (χ3v) is 3.81. The van der Waals surface area contributed by atoms with Crippen LogP contribution in [0.2, 0.25) is 0 Å². The minimum Gasteiger partial charge on any atom is -0.475 e. The number of halogens is 1. The van der Waals surface area contributed by atoms with Gasteiger partial charge in [-0.1, -0.05) is 12.1 Å². The van der Waals surface area contributed by atoms with E-state index in [9.17, 15) is 9.18 Å². The maximum atomic E-state index is 12.8. The summed E-state index contributed by atoms with van der Waals surface area (Å²) in [6.07, 6.45) is 3.68. The van der Waals surface area contributed by atoms with E-state index in [0.29, 0.717) is 24.6 Å². The van der Waals surface area contributed by atoms with Crippen LogP contribution >= 0.6 is 0 Å². The number of carbonyl (C=O) groups is 1. The molecule has 0 aliphatic carbocycles. The van der Waals surface area contributed by atoms with E-state index in [1.165, 1.54) is 18.3 Å². The van der Waals surface area contributed by atoms with Gasteiger partial charge in [0.05, 0.1) is 11.7 Å². The van der Waals surface area contributed by atoms with Crippen molar-refractivity contribution in [2.75, 3.05) is 13.2 Å². The van der Waals surface area contributed by atoms with Gasteiger partial charge in [-0.05, 0) is 36.6 Å². The molecule has 0 unspecified atom stereocenters. The number of hydrogen-bond donors (Lipinski definition) is 1. The molecule has 1 aromatic carbocycles. The summed E-state index contributed by atoms with van der Waals surface area (Å²) in [6.45, 7) is 1.59. The second kappa shape index (κ2) is 7.88. The van der Waals surface area contributed by atoms with Crippen LogP contribution < -0.4 is 10.1 Å². The first-order valence-electron chi connectivity index (χ1n) is 7.94. The number of amides is 1. The summed E-state index contributed by atoms with van der Waals surface area (Å²) in [4.78, 5) is 16.2. The van der Waals surface area contributed by atoms with Crippen molar-refractivity contribution in [1.82, 2.24) is 10.3 Å². The Bertz CT molecular complexity index is 668. The normalized spacial score (nSPS) is 16.8. The number of ether oxygens (including phenoxy) is 2. The van der Waals surface area contributed by atoms with Crippen molar-refractivity contribution in [3.63, 3.8) is 0 Å². The monoisotopic (exact) mass is 330 g/mol. The summed E-state index contributed by atoms with van der Waals surface area (Å²) in [5.74, 6) is -0.0639. The average Bonchev–Trinajstić information content (AvgIpc) is 3.13. The van der Waals surface area contributed by atoms with Crippen LogP contribution in [0.5, 0.6) is 5.88 Å². The number of nitrogens with zero attached hydrogens (tertiary/aromatic N) is 1. The molecular formula is C18H19FN2O3. The Balaban J connectivity index is 1.48. The molecule has 1 aromatic heterocycles. The molecule has 5 nitrogen and oxygen atoms in total. The third-order valence-electron chi connectivity index (χ3n) is 3.81. The Morgan fingerprint density at radius 3 is 2.79 bits per heavy atom. The maximum absolute atomic E-state index is 12.8. The summed E-state index contributed by atoms with van der Waals surface area (Å²) in [5.41, 5.74) is 1.27. The van der Waals surface area contributed by atoms with Crippen molar-refractivity contribution in [1.29, 1.82) is 0 Å². The predicted molar refractivity (Wildman–Crippen MR) is 86.3 cm³/mol. The third kappa shape index (κ3) is 4.52. The zero-order valence-corrected chi connectivity index (χ0v) is 13.2. The molecule has 1 atom stereocenters. The first-order valence-corrected chi connectivity index (χ1v) is 7.94. The second-order valence-corrected chi connectivity index (χ2v) is 5.64. The highest BCUT2D eigenvalue weighted by atomic mass is 19.1. The molecule has 1 saturated heterocycles. The average molecular weight is 330 g/mol. The molecule has 3 rings (SSSR count). The van der Waals surface area contributed by atoms with E-state index in [4.69, 9.17) is 9.47 Å². The SMILES string of the molecule is O=C(NCc1ccc(F)cc1)c1ccc(OC[C@@H]2CCCO2)nc1. The molecule has 126 valence electrons. The Kier molecular flexibility index (Phi) is 5.38. The Morgan fingerprint density at radius 2 is 2.12 bits per heavy atom. The Morgan fingerprint density at radius 1 is 1.29 bits per heavy atom. The molecule has 1 aliphatic rings. The van der Waals surface area contributed by atoms with Gasteiger partial charge in [0.25, 0.3) is 5.91 Å². The molecule has 1 fully saturated rings. The fourth-order valence-electron chi connectivity index (χ4n) is 2.44. The van der Waals surface area contributed by atoms with Crippen molar-refractivity contribution in [3.05, 3.63) is 59.5 Å². The molecule has 24 heavy (non-hydrogen) atoms. The highest BCUT2D eigenvalue weighted by molar-refractivity contribution is 5.93. The molecule has 0 spiro atoms. The number of carbonyl (C=O) groups excluding carboxylic acids is 1. The summed E-state index contributed by atoms with van der Waals surface area (Å²) >= 11 is 0. The molecule has 0 radical (unpaired) electrons. The minimum absolute atomic E-state index is 0.130. The standard InChI is InChI=1S/C18H19FN2O3/c19-15-6-3-13(4-7-15)10-21-18(22)14-5-8-17(20-11-14)24-12-16-2-1-9-23-16/h3-8,11,16H,1-2,9-10,12H2,(H,21,22)/t16-/m0/s1. The second-order valence-electron chi connectivity index (χ2n) is 5.64. The van der Waals surface area contributed by atoms with Crippen LogP contribution in [-0.2, 0) is 11.3 Å². The Hall–Kier alpha value is -2.47. The molecular weight excluding hydrogens is 311 g/mol. The first-order chi connectivity index (χ1) is 11.7. The van der Waals surface area contributed by atoms with Crippen LogP contribution in [-0.4, -0.2) is 30.2 Å². The number of nitrogens with one attached hydrogen (secondary N) is 1. The van der Waals surface area contributed by atoms with E-state index < -0.39 is 0 Å². The van der Waals surface area contributed by atoms with Crippen molar-refractivity contribution >= 4 is 5.91 Å². The zero-order valence-electron chi connectivity index (χ0n) is 13.2. The van der Waals surface area contributed by atoms with Crippen LogP contribution in [0.25, 0.3) is 0 Å². The lowest BCUT2D eigenvalue weighted by Gasteiger charge is -2.11. The molecule has 1 N–H and O–H groups in total. The summed E-state index contributed by atoms with van der Waals surface area (Å²) in [6, 6.07) is 9.33. The van der Waals surface area contributed by atoms with Gasteiger partial charge in [-0.3, -0.25) is 4.79 Å². The van der Waals surface area contributed by atoms with E-state index in [1.807, 2.05) is 0 Å². The van der Waals surface area contributed by atoms with Crippen LogP contribution in [0, 0.1) is 5.82 Å². The number of rotatable bonds is 6. The molecule has 2 aromatic rings. The van der Waals surface area contributed by atoms with Gasteiger partial charge >= 0.3 is 0 Å². The van der Waals surface area contributed by atoms with E-state index in [1.54, 1.807) is 24.3 Å². The van der Waals surface area contributed by atoms with E-state index in [2.05, 4.69) is 10.3 Å². The fraction of sp³-hybridized carbons (Fsp3) is 0.333. The largest absolute Gasteiger partial charge is 0.475 e. The topological polar surface area (TPSA) is 60.5 Å². The molecule has 1 aliphatic heterocycles. The number of hydrogen-bond acceptors (Lipinski definition) is 4. The van der Waals surface area contributed by atoms with Gasteiger partial charge in [-0.2, -0.15) is 0 Å². The fourth-order valence-corrected chi connectivity index (χ4v) is 2.44. The lowest BCUT2D eigenvalue weighted by atomic mass is 10.2. The van der Waals surface area contributed by atoms with Gasteiger partial charge < -0.3 is 14.8 Å². The Labute approximate surface area is 139 Å². The lowest BCUT2D eigenvalue weighted by Crippen LogP contribution is -2.23. The van der Waals surface area contributed by atoms with Crippen molar-refractivity contribution in [2.24, 2.45) is 0 Å². The molecule has 6 heteroatoms. The summed E-state index contributed by atoms with van der Waals surface area (Å²) < 4.78 is 23.9. The first kappa shape index (κ1) is 16.4. The van der Waals surface area contributed by atoms with Crippen LogP contribution in [0.4, 0.5) is 4.39 Å². The highest BCUT2D eigenvalue weighted by Gasteiger charge is 2.16. The summed E-state index contributed by atoms with van der Waals surface area (Å²) in [5, 5.41) is 2.77. The number of pyridine rings is 1. The van der Waals surface area contributed by atoms with Crippen LogP contribution in [0.3, 0.4) is 0 Å². The molecule has 0 bridgehead atoms. The zero-order chi connectivity index (χ0) is 16.8. The van der Waals surface area contributed by atoms with Gasteiger partial charge in [-0.15, -0.1) is 0 Å². The summed E-state index contributed by atoms with van der Waals surface area (Å²) in [7, 11) is 0. The van der Waals surface area contributed by atoms with Gasteiger partial charge in [0.2, 0.25) is 5.88 Å². The highest BCUT2D eigenvalue weighted by Crippen LogP contribution is 2.14. The van der Waals surface area contributed by atoms with E-state index in [-0.39, 0.29) is 17.8 Å². The van der Waals surface area contributed by atoms with Crippen LogP contribution in [0.15, 0.2) is 42.6 Å². The molecule has 1 amide bonds. The van der Waals surface area contributed by atoms with Gasteiger partial charge in [0.15, 0.2) is 0 Å². The van der Waals surface area contributed by atoms with Gasteiger partial charge in [0.1, 0.15) is 12.4 Å². The number of aromatic nitrogens is 1. The maximum Gasteiger partial charge on any atom is 0.253 e. The van der Waals surface area contributed by atoms with Crippen LogP contribution in [0.1, 0.15) is 28.8 Å². The lowest BCUT2D eigenvalue weighted by molar-refractivity contribution is 0.0663. The molecule has 0 saturated carbocycles. The predicted octanol–water partition coefficient (Wildman–Crippen LogP) is 2.71. The van der Waals surface area contributed by atoms with Crippen molar-refractivity contribution in [3.8, 4) is 5.88 Å². The quantitative estimate of drug-likeness (QED) is 0.885. The van der Waals surface area contributed by atoms with Gasteiger partial charge in [0, 0.05) is 25.4 Å². The van der Waals surface area contributed by atoms with Gasteiger partial charge in [-0.25, -0.2) is 9.37 Å².